The lowest BCUT2D eigenvalue weighted by molar-refractivity contribution is -0.121. The van der Waals surface area contributed by atoms with Gasteiger partial charge in [0.25, 0.3) is 0 Å². The van der Waals surface area contributed by atoms with Gasteiger partial charge in [0.2, 0.25) is 5.91 Å². The number of benzene rings is 1. The Morgan fingerprint density at radius 1 is 1.33 bits per heavy atom. The molecule has 2 rings (SSSR count). The van der Waals surface area contributed by atoms with Gasteiger partial charge in [0.05, 0.1) is 0 Å². The van der Waals surface area contributed by atoms with Crippen LogP contribution >= 0.6 is 0 Å². The normalized spacial score (nSPS) is 16.3. The number of carbonyl (C=O) groups is 1. The van der Waals surface area contributed by atoms with Crippen LogP contribution in [-0.4, -0.2) is 18.5 Å². The summed E-state index contributed by atoms with van der Waals surface area (Å²) in [6.07, 6.45) is 3.85. The van der Waals surface area contributed by atoms with E-state index in [1.54, 1.807) is 0 Å². The minimum Gasteiger partial charge on any atom is -0.353 e. The van der Waals surface area contributed by atoms with Crippen LogP contribution in [0.15, 0.2) is 30.3 Å². The highest BCUT2D eigenvalue weighted by molar-refractivity contribution is 5.76. The molecule has 1 aliphatic carbocycles. The Morgan fingerprint density at radius 2 is 2.06 bits per heavy atom. The molecule has 18 heavy (non-hydrogen) atoms. The summed E-state index contributed by atoms with van der Waals surface area (Å²) >= 11 is 0. The van der Waals surface area contributed by atoms with Crippen molar-refractivity contribution in [3.05, 3.63) is 35.9 Å². The lowest BCUT2D eigenvalue weighted by Crippen LogP contribution is -2.27. The number of amides is 1. The summed E-state index contributed by atoms with van der Waals surface area (Å²) in [5.74, 6) is 0.201. The Kier molecular flexibility index (Phi) is 4.76. The Hall–Kier alpha value is -1.35. The molecule has 0 spiro atoms. The standard InChI is InChI=1S/C15H22N2O/c1-12(13-6-3-2-4-7-13)16-11-5-8-15(18)17-14-9-10-14/h2-4,6-7,12,14,16H,5,8-11H2,1H3,(H,17,18). The second-order valence-electron chi connectivity index (χ2n) is 5.03. The van der Waals surface area contributed by atoms with Crippen molar-refractivity contribution in [1.82, 2.24) is 10.6 Å². The summed E-state index contributed by atoms with van der Waals surface area (Å²) in [5, 5.41) is 6.45. The third kappa shape index (κ3) is 4.49. The topological polar surface area (TPSA) is 41.1 Å². The fraction of sp³-hybridized carbons (Fsp3) is 0.533. The summed E-state index contributed by atoms with van der Waals surface area (Å²) in [4.78, 5) is 11.5. The summed E-state index contributed by atoms with van der Waals surface area (Å²) in [6, 6.07) is 11.2. The van der Waals surface area contributed by atoms with E-state index in [9.17, 15) is 4.79 Å². The van der Waals surface area contributed by atoms with Crippen LogP contribution in [0.25, 0.3) is 0 Å². The Bertz CT molecular complexity index is 373. The second kappa shape index (κ2) is 6.55. The van der Waals surface area contributed by atoms with Gasteiger partial charge < -0.3 is 10.6 Å². The van der Waals surface area contributed by atoms with Gasteiger partial charge in [-0.05, 0) is 38.3 Å². The van der Waals surface area contributed by atoms with E-state index in [2.05, 4.69) is 41.8 Å². The van der Waals surface area contributed by atoms with Gasteiger partial charge in [0.1, 0.15) is 0 Å². The minimum atomic E-state index is 0.201. The molecule has 0 bridgehead atoms. The number of nitrogens with one attached hydrogen (secondary N) is 2. The lowest BCUT2D eigenvalue weighted by atomic mass is 10.1. The van der Waals surface area contributed by atoms with Gasteiger partial charge in [-0.25, -0.2) is 0 Å². The maximum Gasteiger partial charge on any atom is 0.220 e. The Morgan fingerprint density at radius 3 is 2.72 bits per heavy atom. The van der Waals surface area contributed by atoms with E-state index in [0.717, 1.165) is 25.8 Å². The lowest BCUT2D eigenvalue weighted by Gasteiger charge is -2.13. The predicted octanol–water partition coefficient (Wildman–Crippen LogP) is 2.40. The molecule has 0 aliphatic heterocycles. The van der Waals surface area contributed by atoms with Crippen molar-refractivity contribution in [3.8, 4) is 0 Å². The van der Waals surface area contributed by atoms with Gasteiger partial charge in [-0.3, -0.25) is 4.79 Å². The molecule has 1 saturated carbocycles. The summed E-state index contributed by atoms with van der Waals surface area (Å²) < 4.78 is 0. The van der Waals surface area contributed by atoms with Crippen LogP contribution in [0.4, 0.5) is 0 Å². The number of hydrogen-bond acceptors (Lipinski definition) is 2. The molecule has 1 aromatic carbocycles. The summed E-state index contributed by atoms with van der Waals surface area (Å²) in [7, 11) is 0. The van der Waals surface area contributed by atoms with E-state index >= 15 is 0 Å². The van der Waals surface area contributed by atoms with Crippen molar-refractivity contribution < 1.29 is 4.79 Å². The third-order valence-corrected chi connectivity index (χ3v) is 3.27. The van der Waals surface area contributed by atoms with Gasteiger partial charge >= 0.3 is 0 Å². The molecular weight excluding hydrogens is 224 g/mol. The molecule has 3 heteroatoms. The van der Waals surface area contributed by atoms with Crippen LogP contribution in [0.2, 0.25) is 0 Å². The van der Waals surface area contributed by atoms with Crippen LogP contribution in [-0.2, 0) is 4.79 Å². The molecule has 1 fully saturated rings. The molecule has 1 unspecified atom stereocenters. The zero-order valence-corrected chi connectivity index (χ0v) is 11.0. The van der Waals surface area contributed by atoms with Crippen molar-refractivity contribution >= 4 is 5.91 Å². The summed E-state index contributed by atoms with van der Waals surface area (Å²) in [5.41, 5.74) is 1.29. The second-order valence-corrected chi connectivity index (χ2v) is 5.03. The first-order valence-corrected chi connectivity index (χ1v) is 6.83. The van der Waals surface area contributed by atoms with Crippen molar-refractivity contribution in [1.29, 1.82) is 0 Å². The molecule has 0 saturated heterocycles. The quantitative estimate of drug-likeness (QED) is 0.725. The maximum absolute atomic E-state index is 11.5. The van der Waals surface area contributed by atoms with Crippen molar-refractivity contribution in [2.24, 2.45) is 0 Å². The van der Waals surface area contributed by atoms with E-state index in [4.69, 9.17) is 0 Å². The molecular formula is C15H22N2O. The molecule has 2 N–H and O–H groups in total. The van der Waals surface area contributed by atoms with E-state index < -0.39 is 0 Å². The van der Waals surface area contributed by atoms with Crippen LogP contribution < -0.4 is 10.6 Å². The molecule has 1 aliphatic rings. The number of rotatable bonds is 7. The molecule has 1 atom stereocenters. The first-order chi connectivity index (χ1) is 8.75. The zero-order chi connectivity index (χ0) is 12.8. The van der Waals surface area contributed by atoms with Crippen LogP contribution in [0, 0.1) is 0 Å². The molecule has 1 amide bonds. The molecule has 0 radical (unpaired) electrons. The zero-order valence-electron chi connectivity index (χ0n) is 11.0. The number of carbonyl (C=O) groups excluding carboxylic acids is 1. The van der Waals surface area contributed by atoms with E-state index in [1.165, 1.54) is 5.56 Å². The Labute approximate surface area is 109 Å². The monoisotopic (exact) mass is 246 g/mol. The van der Waals surface area contributed by atoms with E-state index in [-0.39, 0.29) is 5.91 Å². The first kappa shape index (κ1) is 13.1. The Balaban J connectivity index is 1.58. The maximum atomic E-state index is 11.5. The average Bonchev–Trinajstić information content (AvgIpc) is 3.19. The van der Waals surface area contributed by atoms with Gasteiger partial charge in [0.15, 0.2) is 0 Å². The fourth-order valence-corrected chi connectivity index (χ4v) is 1.95. The number of hydrogen-bond donors (Lipinski definition) is 2. The summed E-state index contributed by atoms with van der Waals surface area (Å²) in [6.45, 7) is 3.04. The first-order valence-electron chi connectivity index (χ1n) is 6.83. The van der Waals surface area contributed by atoms with Crippen molar-refractivity contribution in [2.75, 3.05) is 6.54 Å². The molecule has 0 aromatic heterocycles. The molecule has 1 aromatic rings. The highest BCUT2D eigenvalue weighted by atomic mass is 16.1. The van der Waals surface area contributed by atoms with Gasteiger partial charge in [-0.15, -0.1) is 0 Å². The molecule has 0 heterocycles. The minimum absolute atomic E-state index is 0.201. The third-order valence-electron chi connectivity index (χ3n) is 3.27. The van der Waals surface area contributed by atoms with Gasteiger partial charge in [-0.1, -0.05) is 30.3 Å². The van der Waals surface area contributed by atoms with Crippen LogP contribution in [0.3, 0.4) is 0 Å². The SMILES string of the molecule is CC(NCCCC(=O)NC1CC1)c1ccccc1. The van der Waals surface area contributed by atoms with Crippen LogP contribution in [0.5, 0.6) is 0 Å². The largest absolute Gasteiger partial charge is 0.353 e. The smallest absolute Gasteiger partial charge is 0.220 e. The highest BCUT2D eigenvalue weighted by Gasteiger charge is 2.22. The fourth-order valence-electron chi connectivity index (χ4n) is 1.95. The van der Waals surface area contributed by atoms with Gasteiger partial charge in [-0.2, -0.15) is 0 Å². The predicted molar refractivity (Wildman–Crippen MR) is 73.3 cm³/mol. The van der Waals surface area contributed by atoms with Gasteiger partial charge in [0, 0.05) is 18.5 Å². The molecule has 3 nitrogen and oxygen atoms in total. The van der Waals surface area contributed by atoms with E-state index in [0.29, 0.717) is 18.5 Å². The van der Waals surface area contributed by atoms with Crippen molar-refractivity contribution in [3.63, 3.8) is 0 Å². The van der Waals surface area contributed by atoms with E-state index in [1.807, 2.05) is 6.07 Å². The van der Waals surface area contributed by atoms with Crippen molar-refractivity contribution in [2.45, 2.75) is 44.7 Å². The molecule has 98 valence electrons. The average molecular weight is 246 g/mol. The highest BCUT2D eigenvalue weighted by Crippen LogP contribution is 2.18. The van der Waals surface area contributed by atoms with Crippen LogP contribution in [0.1, 0.15) is 44.2 Å².